The number of carbonyl (C=O) groups excluding carboxylic acids is 1. The zero-order valence-corrected chi connectivity index (χ0v) is 10.3. The Kier molecular flexibility index (Phi) is 3.48. The summed E-state index contributed by atoms with van der Waals surface area (Å²) in [5.41, 5.74) is 7.82. The summed E-state index contributed by atoms with van der Waals surface area (Å²) in [6.07, 6.45) is 3.51. The number of amides is 1. The Labute approximate surface area is 102 Å². The highest BCUT2D eigenvalue weighted by molar-refractivity contribution is 5.94. The van der Waals surface area contributed by atoms with Crippen LogP contribution < -0.4 is 11.1 Å². The van der Waals surface area contributed by atoms with Gasteiger partial charge < -0.3 is 11.1 Å². The van der Waals surface area contributed by atoms with E-state index in [9.17, 15) is 4.79 Å². The number of hydrogen-bond acceptors (Lipinski definition) is 2. The van der Waals surface area contributed by atoms with Crippen LogP contribution >= 0.6 is 0 Å². The third-order valence-corrected chi connectivity index (χ3v) is 3.78. The molecule has 1 aliphatic rings. The van der Waals surface area contributed by atoms with Crippen molar-refractivity contribution in [3.8, 4) is 0 Å². The molecule has 3 N–H and O–H groups in total. The second kappa shape index (κ2) is 4.88. The van der Waals surface area contributed by atoms with E-state index in [2.05, 4.69) is 5.32 Å². The molecule has 0 aliphatic heterocycles. The van der Waals surface area contributed by atoms with Crippen molar-refractivity contribution in [3.05, 3.63) is 35.4 Å². The fourth-order valence-corrected chi connectivity index (χ4v) is 2.20. The Balaban J connectivity index is 1.91. The van der Waals surface area contributed by atoms with Crippen molar-refractivity contribution in [2.24, 2.45) is 11.1 Å². The molecule has 92 valence electrons. The zero-order chi connectivity index (χ0) is 12.3. The number of rotatable bonds is 4. The van der Waals surface area contributed by atoms with Crippen LogP contribution in [-0.2, 0) is 0 Å². The van der Waals surface area contributed by atoms with E-state index in [0.29, 0.717) is 13.1 Å². The largest absolute Gasteiger partial charge is 0.351 e. The molecule has 1 fully saturated rings. The smallest absolute Gasteiger partial charge is 0.251 e. The molecule has 0 spiro atoms. The number of benzene rings is 1. The molecule has 2 rings (SSSR count). The maximum absolute atomic E-state index is 11.9. The van der Waals surface area contributed by atoms with Crippen LogP contribution in [0.2, 0.25) is 0 Å². The van der Waals surface area contributed by atoms with Gasteiger partial charge in [-0.3, -0.25) is 4.79 Å². The third kappa shape index (κ3) is 2.67. The first kappa shape index (κ1) is 12.1. The van der Waals surface area contributed by atoms with Gasteiger partial charge in [0.15, 0.2) is 0 Å². The highest BCUT2D eigenvalue weighted by Gasteiger charge is 2.35. The standard InChI is InChI=1S/C14H20N2O/c1-11-3-5-12(6-4-11)13(17)16-10-14(9-15)7-2-8-14/h3-6H,2,7-10,15H2,1H3,(H,16,17). The average Bonchev–Trinajstić information content (AvgIpc) is 2.29. The van der Waals surface area contributed by atoms with E-state index in [0.717, 1.165) is 18.4 Å². The molecule has 17 heavy (non-hydrogen) atoms. The van der Waals surface area contributed by atoms with Gasteiger partial charge >= 0.3 is 0 Å². The van der Waals surface area contributed by atoms with Crippen LogP contribution in [0.3, 0.4) is 0 Å². The quantitative estimate of drug-likeness (QED) is 0.832. The second-order valence-corrected chi connectivity index (χ2v) is 5.11. The summed E-state index contributed by atoms with van der Waals surface area (Å²) >= 11 is 0. The highest BCUT2D eigenvalue weighted by atomic mass is 16.1. The molecule has 0 aromatic heterocycles. The summed E-state index contributed by atoms with van der Waals surface area (Å²) < 4.78 is 0. The van der Waals surface area contributed by atoms with Gasteiger partial charge in [0.1, 0.15) is 0 Å². The molecule has 0 unspecified atom stereocenters. The SMILES string of the molecule is Cc1ccc(C(=O)NCC2(CN)CCC2)cc1. The summed E-state index contributed by atoms with van der Waals surface area (Å²) in [5, 5.41) is 2.99. The van der Waals surface area contributed by atoms with E-state index in [1.54, 1.807) is 0 Å². The highest BCUT2D eigenvalue weighted by Crippen LogP contribution is 2.39. The van der Waals surface area contributed by atoms with Crippen LogP contribution in [-0.4, -0.2) is 19.0 Å². The first-order chi connectivity index (χ1) is 8.15. The maximum atomic E-state index is 11.9. The van der Waals surface area contributed by atoms with E-state index in [1.807, 2.05) is 31.2 Å². The normalized spacial score (nSPS) is 17.3. The lowest BCUT2D eigenvalue weighted by atomic mass is 9.69. The van der Waals surface area contributed by atoms with Gasteiger partial charge in [-0.15, -0.1) is 0 Å². The van der Waals surface area contributed by atoms with Crippen LogP contribution in [0.5, 0.6) is 0 Å². The van der Waals surface area contributed by atoms with Crippen molar-refractivity contribution < 1.29 is 4.79 Å². The molecule has 0 radical (unpaired) electrons. The number of hydrogen-bond donors (Lipinski definition) is 2. The topological polar surface area (TPSA) is 55.1 Å². The Hall–Kier alpha value is -1.35. The molecule has 1 aromatic carbocycles. The molecule has 0 heterocycles. The Bertz CT molecular complexity index is 388. The summed E-state index contributed by atoms with van der Waals surface area (Å²) in [5.74, 6) is 0.00438. The molecule has 1 aromatic rings. The summed E-state index contributed by atoms with van der Waals surface area (Å²) in [7, 11) is 0. The number of carbonyl (C=O) groups is 1. The minimum atomic E-state index is 0.00438. The Morgan fingerprint density at radius 3 is 2.47 bits per heavy atom. The molecule has 3 heteroatoms. The summed E-state index contributed by atoms with van der Waals surface area (Å²) in [6.45, 7) is 3.39. The fourth-order valence-electron chi connectivity index (χ4n) is 2.20. The molecule has 3 nitrogen and oxygen atoms in total. The number of nitrogens with two attached hydrogens (primary N) is 1. The van der Waals surface area contributed by atoms with E-state index >= 15 is 0 Å². The van der Waals surface area contributed by atoms with E-state index in [4.69, 9.17) is 5.73 Å². The minimum absolute atomic E-state index is 0.00438. The van der Waals surface area contributed by atoms with Gasteiger partial charge in [-0.1, -0.05) is 24.1 Å². The van der Waals surface area contributed by atoms with E-state index < -0.39 is 0 Å². The zero-order valence-electron chi connectivity index (χ0n) is 10.3. The van der Waals surface area contributed by atoms with Crippen LogP contribution in [0, 0.1) is 12.3 Å². The number of aryl methyl sites for hydroxylation is 1. The molecule has 0 bridgehead atoms. The molecular formula is C14H20N2O. The fraction of sp³-hybridized carbons (Fsp3) is 0.500. The average molecular weight is 232 g/mol. The van der Waals surface area contributed by atoms with Crippen molar-refractivity contribution in [2.75, 3.05) is 13.1 Å². The monoisotopic (exact) mass is 232 g/mol. The Morgan fingerprint density at radius 1 is 1.35 bits per heavy atom. The summed E-state index contributed by atoms with van der Waals surface area (Å²) in [6, 6.07) is 7.63. The predicted molar refractivity (Wildman–Crippen MR) is 68.9 cm³/mol. The van der Waals surface area contributed by atoms with Crippen molar-refractivity contribution in [2.45, 2.75) is 26.2 Å². The van der Waals surface area contributed by atoms with Crippen LogP contribution in [0.1, 0.15) is 35.2 Å². The van der Waals surface area contributed by atoms with E-state index in [1.165, 1.54) is 12.0 Å². The van der Waals surface area contributed by atoms with Crippen LogP contribution in [0.4, 0.5) is 0 Å². The van der Waals surface area contributed by atoms with Crippen molar-refractivity contribution in [3.63, 3.8) is 0 Å². The van der Waals surface area contributed by atoms with Crippen LogP contribution in [0.15, 0.2) is 24.3 Å². The van der Waals surface area contributed by atoms with Crippen molar-refractivity contribution in [1.82, 2.24) is 5.32 Å². The van der Waals surface area contributed by atoms with Gasteiger partial charge in [-0.05, 0) is 43.9 Å². The molecule has 1 amide bonds. The lowest BCUT2D eigenvalue weighted by molar-refractivity contribution is 0.0876. The van der Waals surface area contributed by atoms with Gasteiger partial charge in [0.25, 0.3) is 5.91 Å². The molecule has 0 saturated heterocycles. The molecule has 1 saturated carbocycles. The van der Waals surface area contributed by atoms with Crippen molar-refractivity contribution in [1.29, 1.82) is 0 Å². The molecule has 1 aliphatic carbocycles. The first-order valence-electron chi connectivity index (χ1n) is 6.20. The first-order valence-corrected chi connectivity index (χ1v) is 6.20. The maximum Gasteiger partial charge on any atom is 0.251 e. The van der Waals surface area contributed by atoms with Gasteiger partial charge in [0, 0.05) is 12.1 Å². The van der Waals surface area contributed by atoms with Gasteiger partial charge in [-0.2, -0.15) is 0 Å². The van der Waals surface area contributed by atoms with Gasteiger partial charge in [-0.25, -0.2) is 0 Å². The molecular weight excluding hydrogens is 212 g/mol. The molecule has 0 atom stereocenters. The Morgan fingerprint density at radius 2 is 2.00 bits per heavy atom. The predicted octanol–water partition coefficient (Wildman–Crippen LogP) is 1.85. The van der Waals surface area contributed by atoms with Crippen molar-refractivity contribution >= 4 is 5.91 Å². The lowest BCUT2D eigenvalue weighted by Crippen LogP contribution is -2.46. The second-order valence-electron chi connectivity index (χ2n) is 5.11. The van der Waals surface area contributed by atoms with E-state index in [-0.39, 0.29) is 11.3 Å². The van der Waals surface area contributed by atoms with Gasteiger partial charge in [0.2, 0.25) is 0 Å². The summed E-state index contributed by atoms with van der Waals surface area (Å²) in [4.78, 5) is 11.9. The number of nitrogens with one attached hydrogen (secondary N) is 1. The third-order valence-electron chi connectivity index (χ3n) is 3.78. The van der Waals surface area contributed by atoms with Gasteiger partial charge in [0.05, 0.1) is 0 Å². The lowest BCUT2D eigenvalue weighted by Gasteiger charge is -2.41. The van der Waals surface area contributed by atoms with Crippen LogP contribution in [0.25, 0.3) is 0 Å². The minimum Gasteiger partial charge on any atom is -0.351 e.